The number of aromatic nitrogens is 3. The zero-order valence-electron chi connectivity index (χ0n) is 18.4. The molecule has 8 nitrogen and oxygen atoms in total. The number of benzene rings is 1. The molecule has 0 aliphatic carbocycles. The maximum Gasteiger partial charge on any atom is 0.246 e. The van der Waals surface area contributed by atoms with E-state index in [-0.39, 0.29) is 18.6 Å². The molecule has 164 valence electrons. The molecule has 0 unspecified atom stereocenters. The zero-order chi connectivity index (χ0) is 21.5. The second-order valence-electron chi connectivity index (χ2n) is 8.18. The minimum Gasteiger partial charge on any atom is -0.497 e. The summed E-state index contributed by atoms with van der Waals surface area (Å²) in [6.07, 6.45) is 1.65. The highest BCUT2D eigenvalue weighted by Gasteiger charge is 2.26. The molecule has 1 amide bonds. The van der Waals surface area contributed by atoms with Crippen molar-refractivity contribution in [3.05, 3.63) is 41.5 Å². The Hall–Kier alpha value is -2.45. The maximum atomic E-state index is 12.2. The molecule has 8 heteroatoms. The molecule has 1 atom stereocenters. The smallest absolute Gasteiger partial charge is 0.246 e. The van der Waals surface area contributed by atoms with Gasteiger partial charge < -0.3 is 19.4 Å². The summed E-state index contributed by atoms with van der Waals surface area (Å²) in [6, 6.07) is 8.05. The Bertz CT molecular complexity index is 819. The molecule has 1 aromatic heterocycles. The van der Waals surface area contributed by atoms with Crippen molar-refractivity contribution in [2.75, 3.05) is 33.9 Å². The minimum absolute atomic E-state index is 0.0469. The summed E-state index contributed by atoms with van der Waals surface area (Å²) in [7, 11) is 3.21. The number of rotatable bonds is 9. The molecule has 1 aromatic carbocycles. The van der Waals surface area contributed by atoms with Crippen LogP contribution in [0.5, 0.6) is 5.75 Å². The Balaban J connectivity index is 1.69. The lowest BCUT2D eigenvalue weighted by Gasteiger charge is -2.22. The Morgan fingerprint density at radius 1 is 1.13 bits per heavy atom. The highest BCUT2D eigenvalue weighted by Crippen LogP contribution is 2.23. The zero-order valence-corrected chi connectivity index (χ0v) is 18.4. The Labute approximate surface area is 178 Å². The molecule has 2 heterocycles. The van der Waals surface area contributed by atoms with Crippen LogP contribution in [0.3, 0.4) is 0 Å². The summed E-state index contributed by atoms with van der Waals surface area (Å²) in [5, 5.41) is 12.0. The number of nitrogens with zero attached hydrogens (tertiary/aromatic N) is 4. The van der Waals surface area contributed by atoms with Gasteiger partial charge in [-0.3, -0.25) is 9.69 Å². The number of nitrogens with one attached hydrogen (secondary N) is 1. The van der Waals surface area contributed by atoms with Crippen LogP contribution in [-0.4, -0.2) is 59.5 Å². The molecular formula is C22H33N5O3. The molecule has 0 saturated heterocycles. The van der Waals surface area contributed by atoms with E-state index in [0.29, 0.717) is 5.92 Å². The predicted molar refractivity (Wildman–Crippen MR) is 114 cm³/mol. The first-order valence-electron chi connectivity index (χ1n) is 10.6. The third kappa shape index (κ3) is 5.79. The quantitative estimate of drug-likeness (QED) is 0.676. The van der Waals surface area contributed by atoms with Crippen LogP contribution in [0, 0.1) is 5.92 Å². The number of fused-ring (bicyclic) bond motifs is 1. The summed E-state index contributed by atoms with van der Waals surface area (Å²) in [6.45, 7) is 7.86. The van der Waals surface area contributed by atoms with E-state index in [1.54, 1.807) is 7.11 Å². The first kappa shape index (κ1) is 22.2. The number of amides is 1. The molecular weight excluding hydrogens is 382 g/mol. The van der Waals surface area contributed by atoms with Gasteiger partial charge >= 0.3 is 0 Å². The largest absolute Gasteiger partial charge is 0.497 e. The fourth-order valence-corrected chi connectivity index (χ4v) is 3.86. The molecule has 0 bridgehead atoms. The van der Waals surface area contributed by atoms with Gasteiger partial charge in [0.25, 0.3) is 0 Å². The summed E-state index contributed by atoms with van der Waals surface area (Å²) < 4.78 is 12.4. The third-order valence-corrected chi connectivity index (χ3v) is 5.34. The Morgan fingerprint density at radius 3 is 2.57 bits per heavy atom. The van der Waals surface area contributed by atoms with Crippen molar-refractivity contribution >= 4 is 5.91 Å². The molecule has 2 aromatic rings. The lowest BCUT2D eigenvalue weighted by molar-refractivity contribution is -0.125. The lowest BCUT2D eigenvalue weighted by atomic mass is 10.0. The van der Waals surface area contributed by atoms with Gasteiger partial charge in [-0.2, -0.15) is 0 Å². The van der Waals surface area contributed by atoms with Gasteiger partial charge in [0.05, 0.1) is 13.2 Å². The standard InChI is InChI=1S/C22H33N5O3/c1-16(2)13-19(23-21(28)15-29-3)22-25-24-20-9-10-26(11-12-27(20)22)14-17-5-7-18(30-4)8-6-17/h5-8,16,19H,9-15H2,1-4H3,(H,23,28)/t19-/m1/s1. The van der Waals surface area contributed by atoms with Crippen LogP contribution in [-0.2, 0) is 29.0 Å². The molecule has 0 fully saturated rings. The fraction of sp³-hybridized carbons (Fsp3) is 0.591. The fourth-order valence-electron chi connectivity index (χ4n) is 3.86. The predicted octanol–water partition coefficient (Wildman–Crippen LogP) is 2.19. The van der Waals surface area contributed by atoms with Gasteiger partial charge in [-0.25, -0.2) is 0 Å². The highest BCUT2D eigenvalue weighted by atomic mass is 16.5. The van der Waals surface area contributed by atoms with Gasteiger partial charge in [0.1, 0.15) is 18.2 Å². The number of hydrogen-bond donors (Lipinski definition) is 1. The van der Waals surface area contributed by atoms with E-state index >= 15 is 0 Å². The average Bonchev–Trinajstić information content (AvgIpc) is 3.02. The van der Waals surface area contributed by atoms with Crippen LogP contribution in [0.25, 0.3) is 0 Å². The van der Waals surface area contributed by atoms with E-state index in [9.17, 15) is 4.79 Å². The Morgan fingerprint density at radius 2 is 1.90 bits per heavy atom. The van der Waals surface area contributed by atoms with Gasteiger partial charge in [-0.1, -0.05) is 26.0 Å². The normalized spacial score (nSPS) is 15.5. The molecule has 1 aliphatic heterocycles. The van der Waals surface area contributed by atoms with E-state index < -0.39 is 0 Å². The number of methoxy groups -OCH3 is 2. The summed E-state index contributed by atoms with van der Waals surface area (Å²) in [4.78, 5) is 14.6. The van der Waals surface area contributed by atoms with Gasteiger partial charge in [0.2, 0.25) is 5.91 Å². The van der Waals surface area contributed by atoms with Crippen LogP contribution in [0.4, 0.5) is 0 Å². The van der Waals surface area contributed by atoms with Crippen molar-refractivity contribution in [2.45, 2.75) is 45.8 Å². The second-order valence-corrected chi connectivity index (χ2v) is 8.18. The molecule has 1 aliphatic rings. The van der Waals surface area contributed by atoms with Crippen LogP contribution < -0.4 is 10.1 Å². The number of hydrogen-bond acceptors (Lipinski definition) is 6. The summed E-state index contributed by atoms with van der Waals surface area (Å²) in [5.74, 6) is 2.99. The van der Waals surface area contributed by atoms with Crippen molar-refractivity contribution in [1.82, 2.24) is 25.0 Å². The van der Waals surface area contributed by atoms with E-state index in [0.717, 1.165) is 56.4 Å². The highest BCUT2D eigenvalue weighted by molar-refractivity contribution is 5.77. The number of carbonyl (C=O) groups excluding carboxylic acids is 1. The SMILES string of the molecule is COCC(=O)N[C@H](CC(C)C)c1nnc2n1CCN(Cc1ccc(OC)cc1)CC2. The minimum atomic E-state index is -0.165. The van der Waals surface area contributed by atoms with Crippen LogP contribution in [0.15, 0.2) is 24.3 Å². The van der Waals surface area contributed by atoms with E-state index in [1.165, 1.54) is 12.7 Å². The van der Waals surface area contributed by atoms with Crippen molar-refractivity contribution in [3.8, 4) is 5.75 Å². The topological polar surface area (TPSA) is 81.5 Å². The average molecular weight is 416 g/mol. The van der Waals surface area contributed by atoms with Crippen LogP contribution >= 0.6 is 0 Å². The molecule has 0 saturated carbocycles. The van der Waals surface area contributed by atoms with Gasteiger partial charge in [0, 0.05) is 39.7 Å². The van der Waals surface area contributed by atoms with Crippen LogP contribution in [0.2, 0.25) is 0 Å². The first-order valence-corrected chi connectivity index (χ1v) is 10.6. The Kier molecular flexibility index (Phi) is 7.81. The van der Waals surface area contributed by atoms with Crippen LogP contribution in [0.1, 0.15) is 43.5 Å². The molecule has 0 radical (unpaired) electrons. The van der Waals surface area contributed by atoms with Crippen molar-refractivity contribution in [3.63, 3.8) is 0 Å². The lowest BCUT2D eigenvalue weighted by Crippen LogP contribution is -2.34. The van der Waals surface area contributed by atoms with Crippen molar-refractivity contribution in [1.29, 1.82) is 0 Å². The molecule has 0 spiro atoms. The first-order chi connectivity index (χ1) is 14.5. The summed E-state index contributed by atoms with van der Waals surface area (Å²) >= 11 is 0. The third-order valence-electron chi connectivity index (χ3n) is 5.34. The van der Waals surface area contributed by atoms with E-state index in [4.69, 9.17) is 9.47 Å². The summed E-state index contributed by atoms with van der Waals surface area (Å²) in [5.41, 5.74) is 1.26. The van der Waals surface area contributed by atoms with Gasteiger partial charge in [-0.15, -0.1) is 10.2 Å². The van der Waals surface area contributed by atoms with Crippen molar-refractivity contribution in [2.24, 2.45) is 5.92 Å². The van der Waals surface area contributed by atoms with E-state index in [1.807, 2.05) is 12.1 Å². The monoisotopic (exact) mass is 415 g/mol. The molecule has 30 heavy (non-hydrogen) atoms. The number of carbonyl (C=O) groups is 1. The van der Waals surface area contributed by atoms with E-state index in [2.05, 4.69) is 51.0 Å². The molecule has 1 N–H and O–H groups in total. The second kappa shape index (κ2) is 10.5. The van der Waals surface area contributed by atoms with Crippen molar-refractivity contribution < 1.29 is 14.3 Å². The maximum absolute atomic E-state index is 12.2. The van der Waals surface area contributed by atoms with Gasteiger partial charge in [-0.05, 0) is 30.0 Å². The van der Waals surface area contributed by atoms with Gasteiger partial charge in [0.15, 0.2) is 5.82 Å². The molecule has 3 rings (SSSR count). The number of ether oxygens (including phenoxy) is 2.